The van der Waals surface area contributed by atoms with Crippen molar-refractivity contribution in [1.29, 1.82) is 0 Å². The van der Waals surface area contributed by atoms with E-state index in [-0.39, 0.29) is 17.6 Å². The fourth-order valence-corrected chi connectivity index (χ4v) is 2.09. The number of para-hydroxylation sites is 2. The lowest BCUT2D eigenvalue weighted by atomic mass is 9.99. The maximum atomic E-state index is 12.1. The minimum atomic E-state index is -0.316. The van der Waals surface area contributed by atoms with Crippen LogP contribution in [0.4, 0.5) is 0 Å². The van der Waals surface area contributed by atoms with Crippen LogP contribution in [0.25, 0.3) is 5.69 Å². The van der Waals surface area contributed by atoms with Gasteiger partial charge in [-0.25, -0.2) is 14.5 Å². The molecule has 6 heteroatoms. The zero-order valence-corrected chi connectivity index (χ0v) is 12.0. The monoisotopic (exact) mass is 276 g/mol. The largest absolute Gasteiger partial charge is 0.495 e. The average molecular weight is 276 g/mol. The fraction of sp³-hybridized carbons (Fsp3) is 0.429. The van der Waals surface area contributed by atoms with Gasteiger partial charge in [0.2, 0.25) is 0 Å². The maximum Gasteiger partial charge on any atom is 0.348 e. The number of aromatic nitrogens is 3. The van der Waals surface area contributed by atoms with Gasteiger partial charge in [0.25, 0.3) is 0 Å². The Labute approximate surface area is 117 Å². The van der Waals surface area contributed by atoms with Gasteiger partial charge >= 0.3 is 5.69 Å². The summed E-state index contributed by atoms with van der Waals surface area (Å²) in [5.74, 6) is 1.35. The van der Waals surface area contributed by atoms with E-state index < -0.39 is 0 Å². The number of methoxy groups -OCH3 is 1. The summed E-state index contributed by atoms with van der Waals surface area (Å²) in [6.07, 6.45) is 0.911. The molecular formula is C14H20N4O2. The van der Waals surface area contributed by atoms with Crippen LogP contribution < -0.4 is 16.2 Å². The van der Waals surface area contributed by atoms with Crippen LogP contribution in [0.1, 0.15) is 32.1 Å². The van der Waals surface area contributed by atoms with Gasteiger partial charge in [0.15, 0.2) is 5.82 Å². The fourth-order valence-electron chi connectivity index (χ4n) is 2.09. The van der Waals surface area contributed by atoms with Crippen LogP contribution in [-0.4, -0.2) is 21.9 Å². The molecule has 0 aliphatic carbocycles. The molecule has 0 amide bonds. The SMILES string of the molecule is CC[C@H](C)[C@H](N)c1n[nH]c(=O)n1-c1ccccc1OC. The summed E-state index contributed by atoms with van der Waals surface area (Å²) in [5, 5.41) is 6.55. The van der Waals surface area contributed by atoms with E-state index in [9.17, 15) is 4.79 Å². The molecule has 0 bridgehead atoms. The molecule has 0 aliphatic heterocycles. The van der Waals surface area contributed by atoms with E-state index in [1.54, 1.807) is 13.2 Å². The summed E-state index contributed by atoms with van der Waals surface area (Å²) in [4.78, 5) is 12.1. The van der Waals surface area contributed by atoms with Gasteiger partial charge in [-0.15, -0.1) is 0 Å². The van der Waals surface area contributed by atoms with E-state index in [1.807, 2.05) is 25.1 Å². The molecule has 0 radical (unpaired) electrons. The number of ether oxygens (including phenoxy) is 1. The van der Waals surface area contributed by atoms with Crippen LogP contribution in [0.2, 0.25) is 0 Å². The first-order chi connectivity index (χ1) is 9.60. The molecule has 0 fully saturated rings. The number of hydrogen-bond acceptors (Lipinski definition) is 4. The number of H-pyrrole nitrogens is 1. The van der Waals surface area contributed by atoms with E-state index in [2.05, 4.69) is 17.1 Å². The Bertz CT molecular complexity index is 632. The molecule has 0 saturated heterocycles. The minimum Gasteiger partial charge on any atom is -0.495 e. The Morgan fingerprint density at radius 2 is 2.15 bits per heavy atom. The van der Waals surface area contributed by atoms with E-state index in [1.165, 1.54) is 4.57 Å². The third kappa shape index (κ3) is 2.46. The average Bonchev–Trinajstić information content (AvgIpc) is 2.87. The molecule has 1 aromatic carbocycles. The summed E-state index contributed by atoms with van der Waals surface area (Å²) in [5.41, 5.74) is 6.53. The lowest BCUT2D eigenvalue weighted by Gasteiger charge is -2.18. The first kappa shape index (κ1) is 14.3. The number of aromatic amines is 1. The Morgan fingerprint density at radius 1 is 1.45 bits per heavy atom. The van der Waals surface area contributed by atoms with Crippen molar-refractivity contribution < 1.29 is 4.74 Å². The molecule has 0 spiro atoms. The summed E-state index contributed by atoms with van der Waals surface area (Å²) in [6, 6.07) is 6.98. The van der Waals surface area contributed by atoms with Crippen LogP contribution in [-0.2, 0) is 0 Å². The molecule has 2 atom stereocenters. The predicted octanol–water partition coefficient (Wildman–Crippen LogP) is 1.62. The van der Waals surface area contributed by atoms with Crippen LogP contribution in [0.3, 0.4) is 0 Å². The lowest BCUT2D eigenvalue weighted by Crippen LogP contribution is -2.26. The first-order valence-corrected chi connectivity index (χ1v) is 6.66. The van der Waals surface area contributed by atoms with Crippen molar-refractivity contribution >= 4 is 0 Å². The zero-order chi connectivity index (χ0) is 14.7. The summed E-state index contributed by atoms with van der Waals surface area (Å²) in [6.45, 7) is 4.10. The molecule has 0 unspecified atom stereocenters. The second-order valence-corrected chi connectivity index (χ2v) is 4.81. The topological polar surface area (TPSA) is 85.9 Å². The second-order valence-electron chi connectivity index (χ2n) is 4.81. The molecule has 0 saturated carbocycles. The van der Waals surface area contributed by atoms with Gasteiger partial charge < -0.3 is 10.5 Å². The number of hydrogen-bond donors (Lipinski definition) is 2. The van der Waals surface area contributed by atoms with Crippen molar-refractivity contribution in [3.8, 4) is 11.4 Å². The van der Waals surface area contributed by atoms with E-state index in [0.717, 1.165) is 6.42 Å². The minimum absolute atomic E-state index is 0.221. The van der Waals surface area contributed by atoms with Crippen LogP contribution in [0.5, 0.6) is 5.75 Å². The molecule has 108 valence electrons. The van der Waals surface area contributed by atoms with E-state index >= 15 is 0 Å². The lowest BCUT2D eigenvalue weighted by molar-refractivity contribution is 0.408. The smallest absolute Gasteiger partial charge is 0.348 e. The highest BCUT2D eigenvalue weighted by Crippen LogP contribution is 2.25. The highest BCUT2D eigenvalue weighted by Gasteiger charge is 2.22. The predicted molar refractivity (Wildman–Crippen MR) is 77.1 cm³/mol. The third-order valence-corrected chi connectivity index (χ3v) is 3.58. The van der Waals surface area contributed by atoms with Gasteiger partial charge in [0, 0.05) is 0 Å². The summed E-state index contributed by atoms with van der Waals surface area (Å²) < 4.78 is 6.79. The van der Waals surface area contributed by atoms with Gasteiger partial charge in [-0.2, -0.15) is 5.10 Å². The molecular weight excluding hydrogens is 256 g/mol. The van der Waals surface area contributed by atoms with Gasteiger partial charge in [-0.3, -0.25) is 0 Å². The summed E-state index contributed by atoms with van der Waals surface area (Å²) >= 11 is 0. The van der Waals surface area contributed by atoms with Crippen LogP contribution in [0.15, 0.2) is 29.1 Å². The number of nitrogens with one attached hydrogen (secondary N) is 1. The molecule has 6 nitrogen and oxygen atoms in total. The van der Waals surface area contributed by atoms with E-state index in [0.29, 0.717) is 17.3 Å². The second kappa shape index (κ2) is 5.92. The van der Waals surface area contributed by atoms with Crippen LogP contribution >= 0.6 is 0 Å². The molecule has 0 aliphatic rings. The van der Waals surface area contributed by atoms with Crippen molar-refractivity contribution in [2.45, 2.75) is 26.3 Å². The van der Waals surface area contributed by atoms with Crippen molar-refractivity contribution in [3.05, 3.63) is 40.6 Å². The number of nitrogens with two attached hydrogens (primary N) is 1. The maximum absolute atomic E-state index is 12.1. The Morgan fingerprint density at radius 3 is 2.80 bits per heavy atom. The Balaban J connectivity index is 2.57. The standard InChI is InChI=1S/C14H20N4O2/c1-4-9(2)12(15)13-16-17-14(19)18(13)10-7-5-6-8-11(10)20-3/h5-9,12H,4,15H2,1-3H3,(H,17,19)/t9-,12-/m0/s1. The first-order valence-electron chi connectivity index (χ1n) is 6.66. The molecule has 2 rings (SSSR count). The van der Waals surface area contributed by atoms with Gasteiger partial charge in [-0.1, -0.05) is 32.4 Å². The summed E-state index contributed by atoms with van der Waals surface area (Å²) in [7, 11) is 1.57. The van der Waals surface area contributed by atoms with E-state index in [4.69, 9.17) is 10.5 Å². The van der Waals surface area contributed by atoms with Crippen molar-refractivity contribution in [2.75, 3.05) is 7.11 Å². The molecule has 3 N–H and O–H groups in total. The molecule has 20 heavy (non-hydrogen) atoms. The van der Waals surface area contributed by atoms with Gasteiger partial charge in [-0.05, 0) is 18.1 Å². The highest BCUT2D eigenvalue weighted by molar-refractivity contribution is 5.47. The quantitative estimate of drug-likeness (QED) is 0.868. The van der Waals surface area contributed by atoms with Crippen molar-refractivity contribution in [3.63, 3.8) is 0 Å². The third-order valence-electron chi connectivity index (χ3n) is 3.58. The molecule has 2 aromatic rings. The Hall–Kier alpha value is -2.08. The van der Waals surface area contributed by atoms with Crippen molar-refractivity contribution in [1.82, 2.24) is 14.8 Å². The van der Waals surface area contributed by atoms with Gasteiger partial charge in [0.1, 0.15) is 5.75 Å². The normalized spacial score (nSPS) is 14.0. The number of rotatable bonds is 5. The van der Waals surface area contributed by atoms with Crippen LogP contribution in [0, 0.1) is 5.92 Å². The number of nitrogens with zero attached hydrogens (tertiary/aromatic N) is 2. The molecule has 1 heterocycles. The Kier molecular flexibility index (Phi) is 4.24. The number of benzene rings is 1. The van der Waals surface area contributed by atoms with Crippen molar-refractivity contribution in [2.24, 2.45) is 11.7 Å². The molecule has 1 aromatic heterocycles. The zero-order valence-electron chi connectivity index (χ0n) is 12.0. The highest BCUT2D eigenvalue weighted by atomic mass is 16.5. The van der Waals surface area contributed by atoms with Gasteiger partial charge in [0.05, 0.1) is 18.8 Å².